The van der Waals surface area contributed by atoms with Gasteiger partial charge in [-0.2, -0.15) is 13.2 Å². The molecule has 2 atom stereocenters. The lowest BCUT2D eigenvalue weighted by molar-refractivity contribution is -0.0436. The maximum Gasteiger partial charge on any atom is 0.501 e. The average molecular weight is 343 g/mol. The summed E-state index contributed by atoms with van der Waals surface area (Å²) in [5, 5.41) is 2.94. The van der Waals surface area contributed by atoms with Crippen molar-refractivity contribution in [1.29, 1.82) is 0 Å². The van der Waals surface area contributed by atoms with Crippen molar-refractivity contribution < 1.29 is 25.8 Å². The van der Waals surface area contributed by atoms with Gasteiger partial charge in [0.15, 0.2) is 0 Å². The lowest BCUT2D eigenvalue weighted by Gasteiger charge is -2.11. The number of sulfone groups is 1. The molecule has 21 heavy (non-hydrogen) atoms. The van der Waals surface area contributed by atoms with E-state index in [0.717, 1.165) is 12.1 Å². The Kier molecular flexibility index (Phi) is 5.80. The lowest BCUT2D eigenvalue weighted by atomic mass is 10.3. The fourth-order valence-electron chi connectivity index (χ4n) is 1.47. The minimum absolute atomic E-state index is 0.00220. The molecule has 1 aromatic rings. The van der Waals surface area contributed by atoms with Crippen LogP contribution in [0.5, 0.6) is 0 Å². The molecule has 0 aliphatic heterocycles. The molecule has 0 radical (unpaired) electrons. The summed E-state index contributed by atoms with van der Waals surface area (Å²) in [5.74, 6) is 0. The summed E-state index contributed by atoms with van der Waals surface area (Å²) in [4.78, 5) is -0.788. The third-order valence-electron chi connectivity index (χ3n) is 2.92. The summed E-state index contributed by atoms with van der Waals surface area (Å²) in [6, 6.07) is 4.36. The van der Waals surface area contributed by atoms with Crippen molar-refractivity contribution in [2.24, 2.45) is 0 Å². The zero-order chi connectivity index (χ0) is 16.3. The number of nitrogens with one attached hydrogen (secondary N) is 1. The van der Waals surface area contributed by atoms with E-state index in [2.05, 4.69) is 5.32 Å². The first-order chi connectivity index (χ1) is 9.55. The summed E-state index contributed by atoms with van der Waals surface area (Å²) in [7, 11) is -6.24. The molecule has 0 aromatic heterocycles. The van der Waals surface area contributed by atoms with Crippen molar-refractivity contribution in [2.75, 3.05) is 18.1 Å². The van der Waals surface area contributed by atoms with Crippen LogP contribution in [0.25, 0.3) is 0 Å². The molecule has 0 saturated heterocycles. The van der Waals surface area contributed by atoms with Gasteiger partial charge in [-0.1, -0.05) is 6.92 Å². The topological polar surface area (TPSA) is 63.2 Å². The van der Waals surface area contributed by atoms with Gasteiger partial charge in [0.1, 0.15) is 0 Å². The van der Waals surface area contributed by atoms with Crippen molar-refractivity contribution in [3.05, 3.63) is 24.3 Å². The molecular weight excluding hydrogens is 327 g/mol. The van der Waals surface area contributed by atoms with Gasteiger partial charge < -0.3 is 5.32 Å². The van der Waals surface area contributed by atoms with Crippen molar-refractivity contribution in [2.45, 2.75) is 29.0 Å². The summed E-state index contributed by atoms with van der Waals surface area (Å²) in [5.41, 5.74) is -4.80. The summed E-state index contributed by atoms with van der Waals surface area (Å²) >= 11 is 0. The van der Waals surface area contributed by atoms with Crippen molar-refractivity contribution in [3.63, 3.8) is 0 Å². The quantitative estimate of drug-likeness (QED) is 0.862. The molecule has 4 nitrogen and oxygen atoms in total. The minimum Gasteiger partial charge on any atom is -0.385 e. The molecule has 1 N–H and O–H groups in total. The third-order valence-corrected chi connectivity index (χ3v) is 5.79. The predicted molar refractivity (Wildman–Crippen MR) is 76.3 cm³/mol. The highest BCUT2D eigenvalue weighted by Gasteiger charge is 2.46. The molecule has 0 amide bonds. The van der Waals surface area contributed by atoms with Gasteiger partial charge in [0.25, 0.3) is 9.84 Å². The number of benzene rings is 1. The number of hydrogen-bond donors (Lipinski definition) is 1. The van der Waals surface area contributed by atoms with Crippen LogP contribution in [0.4, 0.5) is 18.9 Å². The molecule has 0 bridgehead atoms. The second-order valence-electron chi connectivity index (χ2n) is 4.50. The van der Waals surface area contributed by atoms with Gasteiger partial charge in [-0.3, -0.25) is 4.21 Å². The summed E-state index contributed by atoms with van der Waals surface area (Å²) < 4.78 is 70.5. The first-order valence-corrected chi connectivity index (χ1v) is 9.13. The van der Waals surface area contributed by atoms with E-state index in [1.54, 1.807) is 6.26 Å². The van der Waals surface area contributed by atoms with Crippen molar-refractivity contribution in [1.82, 2.24) is 0 Å². The molecule has 0 aliphatic rings. The molecule has 120 valence electrons. The van der Waals surface area contributed by atoms with E-state index in [0.29, 0.717) is 18.7 Å². The number of anilines is 1. The van der Waals surface area contributed by atoms with Crippen molar-refractivity contribution in [3.8, 4) is 0 Å². The van der Waals surface area contributed by atoms with E-state index in [1.165, 1.54) is 12.1 Å². The van der Waals surface area contributed by atoms with E-state index in [9.17, 15) is 25.8 Å². The van der Waals surface area contributed by atoms with Gasteiger partial charge in [0.2, 0.25) is 0 Å². The number of hydrogen-bond acceptors (Lipinski definition) is 4. The fraction of sp³-hybridized carbons (Fsp3) is 0.500. The molecule has 0 saturated carbocycles. The zero-order valence-corrected chi connectivity index (χ0v) is 13.1. The Morgan fingerprint density at radius 3 is 2.19 bits per heavy atom. The molecule has 1 rings (SSSR count). The first-order valence-electron chi connectivity index (χ1n) is 6.03. The zero-order valence-electron chi connectivity index (χ0n) is 11.5. The number of halogens is 3. The van der Waals surface area contributed by atoms with Gasteiger partial charge in [0.05, 0.1) is 4.90 Å². The van der Waals surface area contributed by atoms with Crippen LogP contribution in [0, 0.1) is 0 Å². The maximum absolute atomic E-state index is 12.4. The molecule has 9 heteroatoms. The number of rotatable bonds is 6. The monoisotopic (exact) mass is 343 g/mol. The van der Waals surface area contributed by atoms with E-state index in [1.807, 2.05) is 6.92 Å². The summed E-state index contributed by atoms with van der Waals surface area (Å²) in [6.45, 7) is 2.32. The second kappa shape index (κ2) is 6.78. The molecular formula is C12H16F3NO3S2. The van der Waals surface area contributed by atoms with E-state index in [-0.39, 0.29) is 5.25 Å². The Labute approximate surface area is 124 Å². The molecule has 0 fully saturated rings. The Balaban J connectivity index is 2.70. The molecule has 0 spiro atoms. The SMILES string of the molecule is CC(CCNc1ccc(S(=O)(=O)C(F)(F)F)cc1)S(C)=O. The van der Waals surface area contributed by atoms with E-state index >= 15 is 0 Å². The fourth-order valence-corrected chi connectivity index (χ4v) is 2.68. The molecule has 0 aliphatic carbocycles. The van der Waals surface area contributed by atoms with E-state index in [4.69, 9.17) is 0 Å². The third kappa shape index (κ3) is 4.70. The normalized spacial score (nSPS) is 15.5. The Hall–Kier alpha value is -1.09. The summed E-state index contributed by atoms with van der Waals surface area (Å²) in [6.07, 6.45) is 2.23. The Morgan fingerprint density at radius 2 is 1.76 bits per heavy atom. The van der Waals surface area contributed by atoms with Gasteiger partial charge in [-0.15, -0.1) is 0 Å². The smallest absolute Gasteiger partial charge is 0.385 e. The standard InChI is InChI=1S/C12H16F3NO3S2/c1-9(20(2)17)7-8-16-10-3-5-11(6-4-10)21(18,19)12(13,14)15/h3-6,9,16H,7-8H2,1-2H3. The highest BCUT2D eigenvalue weighted by atomic mass is 32.2. The van der Waals surface area contributed by atoms with Crippen LogP contribution in [-0.4, -0.2) is 36.2 Å². The van der Waals surface area contributed by atoms with Crippen LogP contribution in [0.15, 0.2) is 29.2 Å². The van der Waals surface area contributed by atoms with Crippen LogP contribution in [0.1, 0.15) is 13.3 Å². The average Bonchev–Trinajstić information content (AvgIpc) is 2.37. The minimum atomic E-state index is -5.31. The Morgan fingerprint density at radius 1 is 1.24 bits per heavy atom. The largest absolute Gasteiger partial charge is 0.501 e. The second-order valence-corrected chi connectivity index (χ2v) is 8.24. The molecule has 0 heterocycles. The maximum atomic E-state index is 12.4. The van der Waals surface area contributed by atoms with Gasteiger partial charge in [-0.25, -0.2) is 8.42 Å². The van der Waals surface area contributed by atoms with Crippen LogP contribution in [0.3, 0.4) is 0 Å². The number of alkyl halides is 3. The van der Waals surface area contributed by atoms with Crippen LogP contribution in [-0.2, 0) is 20.6 Å². The van der Waals surface area contributed by atoms with Gasteiger partial charge in [0, 0.05) is 34.5 Å². The van der Waals surface area contributed by atoms with Crippen LogP contribution < -0.4 is 5.32 Å². The van der Waals surface area contributed by atoms with Gasteiger partial charge >= 0.3 is 5.51 Å². The van der Waals surface area contributed by atoms with E-state index < -0.39 is 31.0 Å². The molecule has 2 unspecified atom stereocenters. The van der Waals surface area contributed by atoms with Crippen LogP contribution in [0.2, 0.25) is 0 Å². The predicted octanol–water partition coefficient (Wildman–Crippen LogP) is 2.55. The van der Waals surface area contributed by atoms with Crippen LogP contribution >= 0.6 is 0 Å². The Bertz CT molecular complexity index is 597. The lowest BCUT2D eigenvalue weighted by Crippen LogP contribution is -2.23. The molecule has 1 aromatic carbocycles. The highest BCUT2D eigenvalue weighted by molar-refractivity contribution is 7.92. The van der Waals surface area contributed by atoms with Gasteiger partial charge in [-0.05, 0) is 30.7 Å². The first kappa shape index (κ1) is 18.0. The highest BCUT2D eigenvalue weighted by Crippen LogP contribution is 2.30. The van der Waals surface area contributed by atoms with Crippen molar-refractivity contribution >= 4 is 26.3 Å².